The van der Waals surface area contributed by atoms with Crippen molar-refractivity contribution in [1.29, 1.82) is 0 Å². The van der Waals surface area contributed by atoms with E-state index in [1.807, 2.05) is 30.3 Å². The molecule has 1 aromatic heterocycles. The normalized spacial score (nSPS) is 16.2. The Morgan fingerprint density at radius 1 is 1.17 bits per heavy atom. The van der Waals surface area contributed by atoms with Crippen LogP contribution in [0.5, 0.6) is 5.75 Å². The highest BCUT2D eigenvalue weighted by atomic mass is 16.5. The molecule has 0 aliphatic carbocycles. The van der Waals surface area contributed by atoms with E-state index < -0.39 is 6.10 Å². The van der Waals surface area contributed by atoms with Gasteiger partial charge in [-0.3, -0.25) is 14.9 Å². The Labute approximate surface area is 137 Å². The third-order valence-electron chi connectivity index (χ3n) is 3.72. The molecule has 0 bridgehead atoms. The SMILES string of the molecule is O=C(CC1Oc2ccccc2NC1=O)Nc1nc2ccccc2[nH]1. The quantitative estimate of drug-likeness (QED) is 0.689. The zero-order valence-corrected chi connectivity index (χ0v) is 12.6. The molecule has 3 N–H and O–H groups in total. The van der Waals surface area contributed by atoms with Gasteiger partial charge in [0.15, 0.2) is 6.10 Å². The van der Waals surface area contributed by atoms with E-state index in [1.54, 1.807) is 18.2 Å². The summed E-state index contributed by atoms with van der Waals surface area (Å²) in [5.74, 6) is 0.207. The molecule has 1 aliphatic rings. The van der Waals surface area contributed by atoms with Crippen molar-refractivity contribution >= 4 is 34.5 Å². The number of hydrogen-bond acceptors (Lipinski definition) is 4. The van der Waals surface area contributed by atoms with Gasteiger partial charge in [0.05, 0.1) is 23.1 Å². The van der Waals surface area contributed by atoms with Gasteiger partial charge in [0.2, 0.25) is 11.9 Å². The van der Waals surface area contributed by atoms with E-state index in [-0.39, 0.29) is 18.2 Å². The number of aromatic nitrogens is 2. The van der Waals surface area contributed by atoms with Gasteiger partial charge in [-0.05, 0) is 24.3 Å². The smallest absolute Gasteiger partial charge is 0.266 e. The Kier molecular flexibility index (Phi) is 3.38. The zero-order chi connectivity index (χ0) is 16.5. The molecule has 1 atom stereocenters. The number of nitrogens with zero attached hydrogens (tertiary/aromatic N) is 1. The summed E-state index contributed by atoms with van der Waals surface area (Å²) < 4.78 is 5.61. The number of benzene rings is 2. The summed E-state index contributed by atoms with van der Waals surface area (Å²) in [7, 11) is 0. The molecule has 7 heteroatoms. The van der Waals surface area contributed by atoms with Crippen molar-refractivity contribution in [3.05, 3.63) is 48.5 Å². The number of nitrogens with one attached hydrogen (secondary N) is 3. The maximum absolute atomic E-state index is 12.2. The fraction of sp³-hybridized carbons (Fsp3) is 0.118. The summed E-state index contributed by atoms with van der Waals surface area (Å²) in [5, 5.41) is 5.39. The molecule has 7 nitrogen and oxygen atoms in total. The molecule has 0 saturated carbocycles. The number of rotatable bonds is 3. The molecule has 2 aromatic carbocycles. The molecule has 1 unspecified atom stereocenters. The van der Waals surface area contributed by atoms with Crippen molar-refractivity contribution in [2.24, 2.45) is 0 Å². The first-order valence-corrected chi connectivity index (χ1v) is 7.50. The summed E-state index contributed by atoms with van der Waals surface area (Å²) in [5.41, 5.74) is 2.19. The lowest BCUT2D eigenvalue weighted by Gasteiger charge is -2.25. The molecule has 4 rings (SSSR count). The molecular weight excluding hydrogens is 308 g/mol. The lowest BCUT2D eigenvalue weighted by atomic mass is 10.1. The number of carbonyl (C=O) groups is 2. The number of fused-ring (bicyclic) bond motifs is 2. The van der Waals surface area contributed by atoms with Crippen LogP contribution in [0.15, 0.2) is 48.5 Å². The second kappa shape index (κ2) is 5.69. The Balaban J connectivity index is 1.45. The molecule has 0 spiro atoms. The monoisotopic (exact) mass is 322 g/mol. The molecule has 0 fully saturated rings. The van der Waals surface area contributed by atoms with E-state index in [0.29, 0.717) is 17.4 Å². The van der Waals surface area contributed by atoms with Crippen LogP contribution in [0.1, 0.15) is 6.42 Å². The van der Waals surface area contributed by atoms with Crippen molar-refractivity contribution in [2.45, 2.75) is 12.5 Å². The van der Waals surface area contributed by atoms with Gasteiger partial charge in [-0.2, -0.15) is 0 Å². The standard InChI is InChI=1S/C17H14N4O3/c22-15(21-17-19-10-5-1-2-6-11(10)20-17)9-14-16(23)18-12-7-3-4-8-13(12)24-14/h1-8,14H,9H2,(H,18,23)(H2,19,20,21,22). The second-order valence-electron chi connectivity index (χ2n) is 5.45. The number of aromatic amines is 1. The number of hydrogen-bond donors (Lipinski definition) is 3. The average Bonchev–Trinajstić information content (AvgIpc) is 2.97. The number of anilines is 2. The lowest BCUT2D eigenvalue weighted by Crippen LogP contribution is -2.39. The number of imidazole rings is 1. The predicted octanol–water partition coefficient (Wildman–Crippen LogP) is 2.29. The molecular formula is C17H14N4O3. The third-order valence-corrected chi connectivity index (χ3v) is 3.72. The third kappa shape index (κ3) is 2.67. The van der Waals surface area contributed by atoms with Gasteiger partial charge in [0.1, 0.15) is 5.75 Å². The van der Waals surface area contributed by atoms with Gasteiger partial charge in [-0.25, -0.2) is 4.98 Å². The van der Waals surface area contributed by atoms with Crippen LogP contribution < -0.4 is 15.4 Å². The van der Waals surface area contributed by atoms with Crippen molar-refractivity contribution in [3.63, 3.8) is 0 Å². The number of amides is 2. The van der Waals surface area contributed by atoms with Crippen molar-refractivity contribution in [3.8, 4) is 5.75 Å². The van der Waals surface area contributed by atoms with Gasteiger partial charge in [0.25, 0.3) is 5.91 Å². The minimum absolute atomic E-state index is 0.1000. The predicted molar refractivity (Wildman–Crippen MR) is 88.8 cm³/mol. The van der Waals surface area contributed by atoms with Crippen molar-refractivity contribution in [1.82, 2.24) is 9.97 Å². The van der Waals surface area contributed by atoms with Crippen LogP contribution in [0, 0.1) is 0 Å². The Hall–Kier alpha value is -3.35. The highest BCUT2D eigenvalue weighted by Crippen LogP contribution is 2.29. The lowest BCUT2D eigenvalue weighted by molar-refractivity contribution is -0.128. The van der Waals surface area contributed by atoms with Crippen LogP contribution in [0.25, 0.3) is 11.0 Å². The first-order chi connectivity index (χ1) is 11.7. The second-order valence-corrected chi connectivity index (χ2v) is 5.45. The Morgan fingerprint density at radius 2 is 1.96 bits per heavy atom. The average molecular weight is 322 g/mol. The Bertz CT molecular complexity index is 901. The minimum Gasteiger partial charge on any atom is -0.478 e. The number of H-pyrrole nitrogens is 1. The van der Waals surface area contributed by atoms with Crippen LogP contribution >= 0.6 is 0 Å². The van der Waals surface area contributed by atoms with E-state index in [0.717, 1.165) is 11.0 Å². The van der Waals surface area contributed by atoms with E-state index >= 15 is 0 Å². The first kappa shape index (κ1) is 14.3. The van der Waals surface area contributed by atoms with E-state index in [1.165, 1.54) is 0 Å². The van der Waals surface area contributed by atoms with Gasteiger partial charge < -0.3 is 15.0 Å². The molecule has 24 heavy (non-hydrogen) atoms. The van der Waals surface area contributed by atoms with E-state index in [9.17, 15) is 9.59 Å². The summed E-state index contributed by atoms with van der Waals surface area (Å²) in [6.07, 6.45) is -0.971. The molecule has 2 heterocycles. The molecule has 1 aliphatic heterocycles. The van der Waals surface area contributed by atoms with Gasteiger partial charge >= 0.3 is 0 Å². The topological polar surface area (TPSA) is 96.1 Å². The summed E-state index contributed by atoms with van der Waals surface area (Å²) in [4.78, 5) is 31.5. The van der Waals surface area contributed by atoms with Crippen molar-refractivity contribution < 1.29 is 14.3 Å². The molecule has 120 valence electrons. The summed E-state index contributed by atoms with van der Waals surface area (Å²) in [6, 6.07) is 14.6. The fourth-order valence-corrected chi connectivity index (χ4v) is 2.59. The van der Waals surface area contributed by atoms with E-state index in [2.05, 4.69) is 20.6 Å². The highest BCUT2D eigenvalue weighted by Gasteiger charge is 2.29. The number of para-hydroxylation sites is 4. The van der Waals surface area contributed by atoms with Crippen molar-refractivity contribution in [2.75, 3.05) is 10.6 Å². The van der Waals surface area contributed by atoms with Crippen LogP contribution in [0.4, 0.5) is 11.6 Å². The largest absolute Gasteiger partial charge is 0.478 e. The fourth-order valence-electron chi connectivity index (χ4n) is 2.59. The van der Waals surface area contributed by atoms with Gasteiger partial charge in [-0.15, -0.1) is 0 Å². The molecule has 0 radical (unpaired) electrons. The van der Waals surface area contributed by atoms with Gasteiger partial charge in [-0.1, -0.05) is 24.3 Å². The maximum Gasteiger partial charge on any atom is 0.266 e. The molecule has 3 aromatic rings. The number of carbonyl (C=O) groups excluding carboxylic acids is 2. The first-order valence-electron chi connectivity index (χ1n) is 7.50. The van der Waals surface area contributed by atoms with Gasteiger partial charge in [0, 0.05) is 0 Å². The van der Waals surface area contributed by atoms with Crippen LogP contribution in [0.3, 0.4) is 0 Å². The minimum atomic E-state index is -0.871. The summed E-state index contributed by atoms with van der Waals surface area (Å²) >= 11 is 0. The Morgan fingerprint density at radius 3 is 2.83 bits per heavy atom. The zero-order valence-electron chi connectivity index (χ0n) is 12.6. The van der Waals surface area contributed by atoms with Crippen LogP contribution in [-0.4, -0.2) is 27.9 Å². The summed E-state index contributed by atoms with van der Waals surface area (Å²) in [6.45, 7) is 0. The molecule has 0 saturated heterocycles. The maximum atomic E-state index is 12.2. The molecule has 2 amide bonds. The van der Waals surface area contributed by atoms with Crippen LogP contribution in [0.2, 0.25) is 0 Å². The van der Waals surface area contributed by atoms with E-state index in [4.69, 9.17) is 4.74 Å². The highest BCUT2D eigenvalue weighted by molar-refractivity contribution is 6.01. The van der Waals surface area contributed by atoms with Crippen LogP contribution in [-0.2, 0) is 9.59 Å². The number of ether oxygens (including phenoxy) is 1.